The van der Waals surface area contributed by atoms with Gasteiger partial charge < -0.3 is 14.4 Å². The summed E-state index contributed by atoms with van der Waals surface area (Å²) in [4.78, 5) is 23.4. The molecular weight excluding hydrogens is 390 g/mol. The van der Waals surface area contributed by atoms with Crippen LogP contribution in [-0.4, -0.2) is 28.0 Å². The van der Waals surface area contributed by atoms with Crippen molar-refractivity contribution in [2.24, 2.45) is 0 Å². The van der Waals surface area contributed by atoms with E-state index >= 15 is 0 Å². The first-order chi connectivity index (χ1) is 14.9. The number of ketones is 1. The fraction of sp³-hybridized carbons (Fsp3) is 0.231. The van der Waals surface area contributed by atoms with E-state index < -0.39 is 5.97 Å². The molecule has 0 amide bonds. The highest BCUT2D eigenvalue weighted by Crippen LogP contribution is 2.21. The quantitative estimate of drug-likeness (QED) is 0.359. The summed E-state index contributed by atoms with van der Waals surface area (Å²) in [6.07, 6.45) is 6.46. The first-order valence-electron chi connectivity index (χ1n) is 10.3. The van der Waals surface area contributed by atoms with Crippen LogP contribution in [0, 0.1) is 13.8 Å². The largest absolute Gasteiger partial charge is 0.493 e. The molecule has 0 aliphatic carbocycles. The van der Waals surface area contributed by atoms with Crippen molar-refractivity contribution in [3.8, 4) is 5.75 Å². The van der Waals surface area contributed by atoms with E-state index in [-0.39, 0.29) is 12.2 Å². The van der Waals surface area contributed by atoms with Gasteiger partial charge in [-0.3, -0.25) is 9.59 Å². The number of carbonyl (C=O) groups excluding carboxylic acids is 1. The number of aryl methyl sites for hydroxylation is 2. The fourth-order valence-electron chi connectivity index (χ4n) is 3.22. The molecule has 0 aliphatic rings. The Morgan fingerprint density at radius 3 is 2.58 bits per heavy atom. The van der Waals surface area contributed by atoms with Gasteiger partial charge in [-0.15, -0.1) is 0 Å². The van der Waals surface area contributed by atoms with Gasteiger partial charge in [0.05, 0.1) is 12.3 Å². The molecule has 0 radical (unpaired) electrons. The average molecular weight is 418 g/mol. The summed E-state index contributed by atoms with van der Waals surface area (Å²) >= 11 is 0. The first kappa shape index (κ1) is 22.1. The molecule has 5 heteroatoms. The molecule has 0 spiro atoms. The number of benzene rings is 2. The molecule has 1 aromatic heterocycles. The Morgan fingerprint density at radius 1 is 1.06 bits per heavy atom. The summed E-state index contributed by atoms with van der Waals surface area (Å²) in [5.41, 5.74) is 4.44. The lowest BCUT2D eigenvalue weighted by molar-refractivity contribution is -0.137. The third kappa shape index (κ3) is 6.19. The Labute approximate surface area is 182 Å². The Hall–Kier alpha value is -3.60. The van der Waals surface area contributed by atoms with E-state index in [4.69, 9.17) is 9.84 Å². The Bertz CT molecular complexity index is 1080. The highest BCUT2D eigenvalue weighted by Gasteiger charge is 2.12. The molecule has 0 bridgehead atoms. The zero-order valence-electron chi connectivity index (χ0n) is 17.9. The lowest BCUT2D eigenvalue weighted by Crippen LogP contribution is -2.09. The molecule has 0 saturated carbocycles. The van der Waals surface area contributed by atoms with E-state index in [0.29, 0.717) is 30.8 Å². The number of rotatable bonds is 10. The molecule has 160 valence electrons. The van der Waals surface area contributed by atoms with Crippen molar-refractivity contribution < 1.29 is 19.4 Å². The predicted octanol–water partition coefficient (Wildman–Crippen LogP) is 5.29. The summed E-state index contributed by atoms with van der Waals surface area (Å²) in [7, 11) is 0. The van der Waals surface area contributed by atoms with Crippen LogP contribution in [0.4, 0.5) is 0 Å². The number of carboxylic acids is 1. The Balaban J connectivity index is 1.64. The number of allylic oxidation sites excluding steroid dienone is 1. The molecule has 2 aromatic carbocycles. The van der Waals surface area contributed by atoms with Crippen LogP contribution in [0.25, 0.3) is 6.08 Å². The summed E-state index contributed by atoms with van der Waals surface area (Å²) in [6.45, 7) is 4.90. The number of ether oxygens (including phenoxy) is 1. The summed E-state index contributed by atoms with van der Waals surface area (Å²) in [5.74, 6) is -0.0585. The normalized spacial score (nSPS) is 11.0. The van der Waals surface area contributed by atoms with E-state index in [1.54, 1.807) is 0 Å². The summed E-state index contributed by atoms with van der Waals surface area (Å²) in [5, 5.41) is 8.73. The topological polar surface area (TPSA) is 68.5 Å². The highest BCUT2D eigenvalue weighted by molar-refractivity contribution is 6.08. The lowest BCUT2D eigenvalue weighted by atomic mass is 10.1. The maximum atomic E-state index is 12.8. The Kier molecular flexibility index (Phi) is 7.44. The van der Waals surface area contributed by atoms with Gasteiger partial charge in [0.2, 0.25) is 5.78 Å². The molecule has 3 aromatic rings. The van der Waals surface area contributed by atoms with Crippen molar-refractivity contribution in [3.63, 3.8) is 0 Å². The average Bonchev–Trinajstić information content (AvgIpc) is 3.21. The number of hydrogen-bond acceptors (Lipinski definition) is 3. The van der Waals surface area contributed by atoms with Crippen molar-refractivity contribution in [2.45, 2.75) is 33.2 Å². The second kappa shape index (κ2) is 10.4. The van der Waals surface area contributed by atoms with Gasteiger partial charge in [0.15, 0.2) is 0 Å². The van der Waals surface area contributed by atoms with Crippen LogP contribution < -0.4 is 4.74 Å². The van der Waals surface area contributed by atoms with Gasteiger partial charge in [0, 0.05) is 24.7 Å². The van der Waals surface area contributed by atoms with Crippen molar-refractivity contribution in [1.82, 2.24) is 4.57 Å². The molecule has 0 atom stereocenters. The van der Waals surface area contributed by atoms with E-state index in [0.717, 1.165) is 22.4 Å². The van der Waals surface area contributed by atoms with Crippen LogP contribution in [0.3, 0.4) is 0 Å². The predicted molar refractivity (Wildman–Crippen MR) is 122 cm³/mol. The van der Waals surface area contributed by atoms with Crippen LogP contribution >= 0.6 is 0 Å². The molecule has 0 aliphatic heterocycles. The molecular formula is C26H27NO4. The smallest absolute Gasteiger partial charge is 0.303 e. The zero-order valence-corrected chi connectivity index (χ0v) is 17.9. The van der Waals surface area contributed by atoms with E-state index in [1.807, 2.05) is 91.4 Å². The highest BCUT2D eigenvalue weighted by atomic mass is 16.5. The summed E-state index contributed by atoms with van der Waals surface area (Å²) < 4.78 is 7.67. The first-order valence-corrected chi connectivity index (χ1v) is 10.3. The fourth-order valence-corrected chi connectivity index (χ4v) is 3.22. The third-order valence-corrected chi connectivity index (χ3v) is 4.99. The molecule has 3 rings (SSSR count). The number of nitrogens with zero attached hydrogens (tertiary/aromatic N) is 1. The van der Waals surface area contributed by atoms with Gasteiger partial charge >= 0.3 is 5.97 Å². The van der Waals surface area contributed by atoms with Crippen molar-refractivity contribution in [1.29, 1.82) is 0 Å². The van der Waals surface area contributed by atoms with Crippen LogP contribution in [0.5, 0.6) is 5.75 Å². The van der Waals surface area contributed by atoms with E-state index in [1.165, 1.54) is 0 Å². The van der Waals surface area contributed by atoms with Crippen molar-refractivity contribution in [3.05, 3.63) is 94.8 Å². The van der Waals surface area contributed by atoms with Gasteiger partial charge in [-0.05, 0) is 49.6 Å². The van der Waals surface area contributed by atoms with Crippen LogP contribution in [0.2, 0.25) is 0 Å². The summed E-state index contributed by atoms with van der Waals surface area (Å²) in [6, 6.07) is 17.2. The second-order valence-electron chi connectivity index (χ2n) is 7.51. The lowest BCUT2D eigenvalue weighted by Gasteiger charge is -2.10. The molecule has 0 saturated heterocycles. The van der Waals surface area contributed by atoms with E-state index in [9.17, 15) is 9.59 Å². The number of carbonyl (C=O) groups is 2. The van der Waals surface area contributed by atoms with Crippen LogP contribution in [0.1, 0.15) is 45.6 Å². The minimum atomic E-state index is -0.817. The minimum absolute atomic E-state index is 0.00535. The van der Waals surface area contributed by atoms with Crippen LogP contribution in [-0.2, 0) is 11.3 Å². The number of hydrogen-bond donors (Lipinski definition) is 1. The van der Waals surface area contributed by atoms with Gasteiger partial charge in [-0.25, -0.2) is 0 Å². The van der Waals surface area contributed by atoms with Gasteiger partial charge in [0.1, 0.15) is 5.75 Å². The molecule has 31 heavy (non-hydrogen) atoms. The Morgan fingerprint density at radius 2 is 1.84 bits per heavy atom. The molecule has 5 nitrogen and oxygen atoms in total. The zero-order chi connectivity index (χ0) is 22.2. The number of carboxylic acid groups (broad SMARTS) is 1. The molecule has 1 N–H and O–H groups in total. The number of aromatic nitrogens is 1. The van der Waals surface area contributed by atoms with Crippen LogP contribution in [0.15, 0.2) is 66.9 Å². The second-order valence-corrected chi connectivity index (χ2v) is 7.51. The van der Waals surface area contributed by atoms with E-state index in [2.05, 4.69) is 0 Å². The SMILES string of the molecule is Cc1ccc(C(=O)c2cccn2C/C=C/c2ccc(C)c(OCCCC(=O)O)c2)cc1. The molecule has 0 unspecified atom stereocenters. The van der Waals surface area contributed by atoms with Gasteiger partial charge in [-0.1, -0.05) is 54.1 Å². The number of aliphatic carboxylic acids is 1. The monoisotopic (exact) mass is 417 g/mol. The van der Waals surface area contributed by atoms with Gasteiger partial charge in [0.25, 0.3) is 0 Å². The maximum Gasteiger partial charge on any atom is 0.303 e. The standard InChI is InChI=1S/C26H27NO4/c1-19-9-13-22(14-10-19)26(30)23-7-4-16-27(23)15-3-6-21-12-11-20(2)24(18-21)31-17-5-8-25(28)29/h3-4,6-7,9-14,16,18H,5,8,15,17H2,1-2H3,(H,28,29)/b6-3+. The van der Waals surface area contributed by atoms with Crippen molar-refractivity contribution >= 4 is 17.8 Å². The molecule has 1 heterocycles. The molecule has 0 fully saturated rings. The van der Waals surface area contributed by atoms with Crippen molar-refractivity contribution in [2.75, 3.05) is 6.61 Å². The maximum absolute atomic E-state index is 12.8. The minimum Gasteiger partial charge on any atom is -0.493 e. The van der Waals surface area contributed by atoms with Gasteiger partial charge in [-0.2, -0.15) is 0 Å². The third-order valence-electron chi connectivity index (χ3n) is 4.99.